The van der Waals surface area contributed by atoms with Gasteiger partial charge >= 0.3 is 5.97 Å². The number of benzene rings is 2. The van der Waals surface area contributed by atoms with Crippen molar-refractivity contribution in [3.8, 4) is 11.5 Å². The lowest BCUT2D eigenvalue weighted by Gasteiger charge is -2.37. The molecule has 2 atom stereocenters. The summed E-state index contributed by atoms with van der Waals surface area (Å²) in [6.45, 7) is 0.900. The van der Waals surface area contributed by atoms with E-state index in [2.05, 4.69) is 18.0 Å². The first-order chi connectivity index (χ1) is 13.5. The second-order valence-electron chi connectivity index (χ2n) is 7.34. The third kappa shape index (κ3) is 3.77. The first kappa shape index (κ1) is 19.0. The van der Waals surface area contributed by atoms with Crippen molar-refractivity contribution >= 4 is 29.0 Å². The standard InChI is InChI=1S/C22H23ClN2O3/c1-25-10-9-14(11-16(25)13-21(26)27-2)22-17-5-3-4-6-19(17)28-20-8-7-15(23)12-18(20)24-22/h3-8,12,14,16H,9-11,13H2,1-2H3/t14?,16-/m1/s1. The highest BCUT2D eigenvalue weighted by Crippen LogP contribution is 2.41. The molecule has 0 radical (unpaired) electrons. The van der Waals surface area contributed by atoms with Crippen molar-refractivity contribution in [2.45, 2.75) is 25.3 Å². The minimum atomic E-state index is -0.179. The topological polar surface area (TPSA) is 51.1 Å². The molecule has 2 aromatic rings. The lowest BCUT2D eigenvalue weighted by molar-refractivity contribution is -0.142. The van der Waals surface area contributed by atoms with E-state index < -0.39 is 0 Å². The summed E-state index contributed by atoms with van der Waals surface area (Å²) < 4.78 is 11.0. The normalized spacial score (nSPS) is 21.6. The first-order valence-electron chi connectivity index (χ1n) is 9.47. The number of rotatable bonds is 3. The molecular weight excluding hydrogens is 376 g/mol. The summed E-state index contributed by atoms with van der Waals surface area (Å²) in [5, 5.41) is 0.628. The van der Waals surface area contributed by atoms with E-state index in [-0.39, 0.29) is 17.9 Å². The Bertz CT molecular complexity index is 928. The average molecular weight is 399 g/mol. The van der Waals surface area contributed by atoms with E-state index in [1.165, 1.54) is 7.11 Å². The molecule has 28 heavy (non-hydrogen) atoms. The molecule has 1 fully saturated rings. The van der Waals surface area contributed by atoms with Gasteiger partial charge in [-0.1, -0.05) is 23.7 Å². The van der Waals surface area contributed by atoms with Crippen LogP contribution in [0.1, 0.15) is 24.8 Å². The third-order valence-electron chi connectivity index (χ3n) is 5.57. The van der Waals surface area contributed by atoms with Gasteiger partial charge in [0.25, 0.3) is 0 Å². The molecule has 2 aliphatic rings. The summed E-state index contributed by atoms with van der Waals surface area (Å²) in [5.41, 5.74) is 2.74. The van der Waals surface area contributed by atoms with Crippen molar-refractivity contribution in [1.29, 1.82) is 0 Å². The number of hydrogen-bond acceptors (Lipinski definition) is 5. The molecule has 2 heterocycles. The summed E-state index contributed by atoms with van der Waals surface area (Å²) >= 11 is 6.21. The van der Waals surface area contributed by atoms with Crippen molar-refractivity contribution in [3.63, 3.8) is 0 Å². The molecular formula is C22H23ClN2O3. The fraction of sp³-hybridized carbons (Fsp3) is 0.364. The highest BCUT2D eigenvalue weighted by atomic mass is 35.5. The molecule has 146 valence electrons. The van der Waals surface area contributed by atoms with Crippen molar-refractivity contribution < 1.29 is 14.3 Å². The molecule has 0 amide bonds. The number of halogens is 1. The molecule has 4 rings (SSSR count). The van der Waals surface area contributed by atoms with Crippen LogP contribution in [0.2, 0.25) is 5.02 Å². The zero-order valence-electron chi connectivity index (χ0n) is 16.0. The van der Waals surface area contributed by atoms with Crippen molar-refractivity contribution in [2.75, 3.05) is 20.7 Å². The van der Waals surface area contributed by atoms with Gasteiger partial charge in [-0.05, 0) is 56.8 Å². The van der Waals surface area contributed by atoms with Gasteiger partial charge in [-0.2, -0.15) is 0 Å². The van der Waals surface area contributed by atoms with Gasteiger partial charge in [0.05, 0.1) is 19.2 Å². The number of ether oxygens (including phenoxy) is 2. The molecule has 0 bridgehead atoms. The molecule has 1 unspecified atom stereocenters. The van der Waals surface area contributed by atoms with Gasteiger partial charge in [-0.3, -0.25) is 4.79 Å². The number of aliphatic imine (C=N–C) groups is 1. The largest absolute Gasteiger partial charge is 0.469 e. The van der Waals surface area contributed by atoms with Crippen LogP contribution in [0.3, 0.4) is 0 Å². The molecule has 0 N–H and O–H groups in total. The number of piperidine rings is 1. The van der Waals surface area contributed by atoms with Crippen molar-refractivity contribution in [2.24, 2.45) is 10.9 Å². The van der Waals surface area contributed by atoms with E-state index in [1.807, 2.05) is 36.4 Å². The van der Waals surface area contributed by atoms with Gasteiger partial charge in [-0.15, -0.1) is 0 Å². The first-order valence-corrected chi connectivity index (χ1v) is 9.85. The lowest BCUT2D eigenvalue weighted by Crippen LogP contribution is -2.43. The second-order valence-corrected chi connectivity index (χ2v) is 7.78. The molecule has 1 saturated heterocycles. The highest BCUT2D eigenvalue weighted by molar-refractivity contribution is 6.31. The Balaban J connectivity index is 1.73. The van der Waals surface area contributed by atoms with Crippen LogP contribution in [0.25, 0.3) is 0 Å². The van der Waals surface area contributed by atoms with Crippen LogP contribution >= 0.6 is 11.6 Å². The molecule has 6 heteroatoms. The van der Waals surface area contributed by atoms with Crippen molar-refractivity contribution in [1.82, 2.24) is 4.90 Å². The second kappa shape index (κ2) is 7.94. The maximum atomic E-state index is 11.8. The lowest BCUT2D eigenvalue weighted by atomic mass is 9.83. The van der Waals surface area contributed by atoms with Crippen LogP contribution in [-0.4, -0.2) is 43.3 Å². The van der Waals surface area contributed by atoms with Crippen LogP contribution in [0.4, 0.5) is 5.69 Å². The number of carbonyl (C=O) groups is 1. The summed E-state index contributed by atoms with van der Waals surface area (Å²) in [6, 6.07) is 13.6. The minimum absolute atomic E-state index is 0.129. The Kier molecular flexibility index (Phi) is 5.38. The van der Waals surface area contributed by atoms with Crippen LogP contribution in [0.15, 0.2) is 47.5 Å². The average Bonchev–Trinajstić information content (AvgIpc) is 2.86. The fourth-order valence-electron chi connectivity index (χ4n) is 3.98. The van der Waals surface area contributed by atoms with Crippen molar-refractivity contribution in [3.05, 3.63) is 53.1 Å². The molecule has 0 aliphatic carbocycles. The zero-order valence-corrected chi connectivity index (χ0v) is 16.8. The summed E-state index contributed by atoms with van der Waals surface area (Å²) in [5.74, 6) is 1.54. The summed E-state index contributed by atoms with van der Waals surface area (Å²) in [4.78, 5) is 19.1. The number of likely N-dealkylation sites (tertiary alicyclic amines) is 1. The van der Waals surface area contributed by atoms with Gasteiger partial charge in [-0.25, -0.2) is 4.99 Å². The SMILES string of the molecule is COC(=O)C[C@H]1CC(C2=Nc3cc(Cl)ccc3Oc3ccccc32)CCN1C. The molecule has 0 spiro atoms. The number of carbonyl (C=O) groups excluding carboxylic acids is 1. The van der Waals surface area contributed by atoms with E-state index in [0.717, 1.165) is 42.1 Å². The number of nitrogens with zero attached hydrogens (tertiary/aromatic N) is 2. The molecule has 0 saturated carbocycles. The Morgan fingerprint density at radius 1 is 1.29 bits per heavy atom. The Morgan fingerprint density at radius 3 is 2.93 bits per heavy atom. The molecule has 2 aromatic carbocycles. The van der Waals surface area contributed by atoms with Crippen LogP contribution < -0.4 is 4.74 Å². The maximum absolute atomic E-state index is 11.8. The third-order valence-corrected chi connectivity index (χ3v) is 5.81. The van der Waals surface area contributed by atoms with Gasteiger partial charge < -0.3 is 14.4 Å². The smallest absolute Gasteiger partial charge is 0.307 e. The quantitative estimate of drug-likeness (QED) is 0.694. The number of methoxy groups -OCH3 is 1. The molecule has 0 aromatic heterocycles. The Labute approximate surface area is 169 Å². The molecule has 5 nitrogen and oxygen atoms in total. The maximum Gasteiger partial charge on any atom is 0.307 e. The zero-order chi connectivity index (χ0) is 19.7. The van der Waals surface area contributed by atoms with E-state index in [1.54, 1.807) is 0 Å². The number of para-hydroxylation sites is 1. The van der Waals surface area contributed by atoms with E-state index >= 15 is 0 Å². The predicted octanol–water partition coefficient (Wildman–Crippen LogP) is 4.84. The number of esters is 1. The van der Waals surface area contributed by atoms with E-state index in [9.17, 15) is 4.79 Å². The van der Waals surface area contributed by atoms with Gasteiger partial charge in [0, 0.05) is 22.5 Å². The number of fused-ring (bicyclic) bond motifs is 2. The monoisotopic (exact) mass is 398 g/mol. The Morgan fingerprint density at radius 2 is 2.11 bits per heavy atom. The van der Waals surface area contributed by atoms with Crippen LogP contribution in [-0.2, 0) is 9.53 Å². The van der Waals surface area contributed by atoms with E-state index in [0.29, 0.717) is 17.2 Å². The van der Waals surface area contributed by atoms with Gasteiger partial charge in [0.15, 0.2) is 5.75 Å². The minimum Gasteiger partial charge on any atom is -0.469 e. The Hall–Kier alpha value is -2.37. The van der Waals surface area contributed by atoms with Crippen LogP contribution in [0.5, 0.6) is 11.5 Å². The fourth-order valence-corrected chi connectivity index (χ4v) is 4.15. The highest BCUT2D eigenvalue weighted by Gasteiger charge is 2.33. The van der Waals surface area contributed by atoms with Crippen LogP contribution in [0, 0.1) is 5.92 Å². The van der Waals surface area contributed by atoms with Gasteiger partial charge in [0.2, 0.25) is 0 Å². The number of hydrogen-bond donors (Lipinski definition) is 0. The predicted molar refractivity (Wildman–Crippen MR) is 110 cm³/mol. The van der Waals surface area contributed by atoms with E-state index in [4.69, 9.17) is 26.1 Å². The van der Waals surface area contributed by atoms with Gasteiger partial charge in [0.1, 0.15) is 11.4 Å². The molecule has 2 aliphatic heterocycles. The summed E-state index contributed by atoms with van der Waals surface area (Å²) in [7, 11) is 3.50. The summed E-state index contributed by atoms with van der Waals surface area (Å²) in [6.07, 6.45) is 2.20.